The van der Waals surface area contributed by atoms with E-state index in [4.69, 9.17) is 4.74 Å². The summed E-state index contributed by atoms with van der Waals surface area (Å²) in [7, 11) is 0. The summed E-state index contributed by atoms with van der Waals surface area (Å²) in [6.45, 7) is 0.459. The van der Waals surface area contributed by atoms with Crippen molar-refractivity contribution in [1.29, 1.82) is 0 Å². The zero-order chi connectivity index (χ0) is 17.3. The van der Waals surface area contributed by atoms with E-state index in [1.165, 1.54) is 11.8 Å². The van der Waals surface area contributed by atoms with Crippen LogP contribution in [0.2, 0.25) is 0 Å². The van der Waals surface area contributed by atoms with Crippen molar-refractivity contribution in [2.45, 2.75) is 0 Å². The average Bonchev–Trinajstić information content (AvgIpc) is 3.06. The quantitative estimate of drug-likeness (QED) is 0.641. The number of rotatable bonds is 6. The number of carbonyl (C=O) groups is 1. The Morgan fingerprint density at radius 2 is 1.92 bits per heavy atom. The molecule has 1 heterocycles. The fourth-order valence-corrected chi connectivity index (χ4v) is 2.76. The highest BCUT2D eigenvalue weighted by Crippen LogP contribution is 2.16. The van der Waals surface area contributed by atoms with E-state index >= 15 is 0 Å². The first kappa shape index (κ1) is 17.0. The van der Waals surface area contributed by atoms with Gasteiger partial charge >= 0.3 is 0 Å². The number of ether oxygens (including phenoxy) is 1. The zero-order valence-corrected chi connectivity index (χ0v) is 14.3. The van der Waals surface area contributed by atoms with Gasteiger partial charge in [-0.05, 0) is 23.8 Å². The summed E-state index contributed by atoms with van der Waals surface area (Å²) in [4.78, 5) is 11.1. The summed E-state index contributed by atoms with van der Waals surface area (Å²) in [6, 6.07) is 17.7. The fraction of sp³-hybridized carbons (Fsp3) is 0.105. The van der Waals surface area contributed by atoms with Crippen molar-refractivity contribution in [3.63, 3.8) is 0 Å². The van der Waals surface area contributed by atoms with Gasteiger partial charge in [0.2, 0.25) is 5.91 Å². The normalized spacial score (nSPS) is 16.0. The molecule has 0 aliphatic carbocycles. The third kappa shape index (κ3) is 5.32. The van der Waals surface area contributed by atoms with Gasteiger partial charge in [0.15, 0.2) is 5.17 Å². The number of benzene rings is 2. The Bertz CT molecular complexity index is 816. The number of nitrogens with one attached hydrogen (secondary N) is 1. The number of para-hydroxylation sites is 1. The van der Waals surface area contributed by atoms with Crippen molar-refractivity contribution in [1.82, 2.24) is 5.32 Å². The largest absolute Gasteiger partial charge is 0.489 e. The summed E-state index contributed by atoms with van der Waals surface area (Å²) in [5.41, 5.74) is 1.96. The first-order chi connectivity index (χ1) is 12.3. The van der Waals surface area contributed by atoms with Crippen LogP contribution < -0.4 is 10.1 Å². The minimum Gasteiger partial charge on any atom is -0.489 e. The maximum atomic E-state index is 11.1. The van der Waals surface area contributed by atoms with Crippen LogP contribution in [0, 0.1) is 0 Å². The second-order valence-electron chi connectivity index (χ2n) is 5.15. The maximum absolute atomic E-state index is 11.1. The molecule has 1 saturated heterocycles. The molecule has 0 spiro atoms. The third-order valence-electron chi connectivity index (χ3n) is 3.30. The molecule has 0 radical (unpaired) electrons. The van der Waals surface area contributed by atoms with Crippen LogP contribution in [0.15, 0.2) is 70.9 Å². The van der Waals surface area contributed by atoms with Gasteiger partial charge < -0.3 is 10.1 Å². The van der Waals surface area contributed by atoms with E-state index in [1.807, 2.05) is 66.7 Å². The molecule has 0 unspecified atom stereocenters. The highest BCUT2D eigenvalue weighted by atomic mass is 32.2. The lowest BCUT2D eigenvalue weighted by molar-refractivity contribution is -0.116. The molecule has 1 aliphatic heterocycles. The molecule has 1 N–H and O–H groups in total. The molecular weight excluding hydrogens is 334 g/mol. The smallest absolute Gasteiger partial charge is 0.236 e. The highest BCUT2D eigenvalue weighted by Gasteiger charge is 2.15. The molecule has 0 saturated carbocycles. The Balaban J connectivity index is 1.59. The van der Waals surface area contributed by atoms with Crippen LogP contribution in [0.25, 0.3) is 6.08 Å². The van der Waals surface area contributed by atoms with Gasteiger partial charge in [-0.25, -0.2) is 0 Å². The number of nitrogens with zero attached hydrogens (tertiary/aromatic N) is 2. The Kier molecular flexibility index (Phi) is 6.01. The number of hydrogen-bond donors (Lipinski definition) is 1. The first-order valence-corrected chi connectivity index (χ1v) is 8.77. The van der Waals surface area contributed by atoms with Crippen molar-refractivity contribution in [2.75, 3.05) is 12.4 Å². The van der Waals surface area contributed by atoms with Gasteiger partial charge in [0.25, 0.3) is 0 Å². The van der Waals surface area contributed by atoms with E-state index in [1.54, 1.807) is 6.21 Å². The van der Waals surface area contributed by atoms with Crippen molar-refractivity contribution in [2.24, 2.45) is 10.2 Å². The predicted molar refractivity (Wildman–Crippen MR) is 103 cm³/mol. The number of carbonyl (C=O) groups excluding carboxylic acids is 1. The molecule has 2 aromatic rings. The van der Waals surface area contributed by atoms with Gasteiger partial charge in [-0.1, -0.05) is 60.3 Å². The molecule has 25 heavy (non-hydrogen) atoms. The minimum atomic E-state index is -0.0483. The van der Waals surface area contributed by atoms with Gasteiger partial charge in [-0.2, -0.15) is 5.10 Å². The Morgan fingerprint density at radius 3 is 2.72 bits per heavy atom. The van der Waals surface area contributed by atoms with Crippen molar-refractivity contribution < 1.29 is 9.53 Å². The van der Waals surface area contributed by atoms with Crippen LogP contribution in [0.3, 0.4) is 0 Å². The summed E-state index contributed by atoms with van der Waals surface area (Å²) in [6.07, 6.45) is 5.60. The van der Waals surface area contributed by atoms with Crippen molar-refractivity contribution >= 4 is 35.1 Å². The van der Waals surface area contributed by atoms with Crippen molar-refractivity contribution in [3.05, 3.63) is 71.8 Å². The van der Waals surface area contributed by atoms with Crippen molar-refractivity contribution in [3.8, 4) is 5.75 Å². The lowest BCUT2D eigenvalue weighted by Gasteiger charge is -2.06. The minimum absolute atomic E-state index is 0.0483. The Morgan fingerprint density at radius 1 is 1.12 bits per heavy atom. The van der Waals surface area contributed by atoms with E-state index in [-0.39, 0.29) is 5.91 Å². The summed E-state index contributed by atoms with van der Waals surface area (Å²) in [5, 5.41) is 11.2. The Hall–Kier alpha value is -2.86. The molecule has 0 bridgehead atoms. The molecular formula is C19H17N3O2S. The number of hydrogen-bond acceptors (Lipinski definition) is 5. The van der Waals surface area contributed by atoms with Crippen LogP contribution in [0.5, 0.6) is 5.75 Å². The molecule has 1 amide bonds. The second kappa shape index (κ2) is 8.84. The molecule has 1 aliphatic rings. The third-order valence-corrected chi connectivity index (χ3v) is 4.16. The predicted octanol–water partition coefficient (Wildman–Crippen LogP) is 3.33. The number of thioether (sulfide) groups is 1. The van der Waals surface area contributed by atoms with Gasteiger partial charge in [0, 0.05) is 5.56 Å². The summed E-state index contributed by atoms with van der Waals surface area (Å²) >= 11 is 1.34. The molecule has 0 aromatic heterocycles. The van der Waals surface area contributed by atoms with E-state index in [2.05, 4.69) is 15.5 Å². The van der Waals surface area contributed by atoms with E-state index in [9.17, 15) is 4.79 Å². The molecule has 2 aromatic carbocycles. The lowest BCUT2D eigenvalue weighted by atomic mass is 10.2. The molecule has 126 valence electrons. The average molecular weight is 351 g/mol. The number of amides is 1. The maximum Gasteiger partial charge on any atom is 0.236 e. The van der Waals surface area contributed by atoms with Crippen LogP contribution in [0.4, 0.5) is 0 Å². The molecule has 0 atom stereocenters. The Labute approximate surface area is 150 Å². The zero-order valence-electron chi connectivity index (χ0n) is 13.5. The van der Waals surface area contributed by atoms with Crippen LogP contribution in [-0.2, 0) is 4.79 Å². The summed E-state index contributed by atoms with van der Waals surface area (Å²) < 4.78 is 5.80. The molecule has 1 fully saturated rings. The second-order valence-corrected chi connectivity index (χ2v) is 6.11. The lowest BCUT2D eigenvalue weighted by Crippen LogP contribution is -2.19. The monoisotopic (exact) mass is 351 g/mol. The standard InChI is InChI=1S/C19H17N3O2S/c23-18-14-25-19(21-18)22-20-13-16-10-4-5-11-17(16)24-12-6-9-15-7-2-1-3-8-15/h1-11,13H,12,14H2,(H,21,22,23). The van der Waals surface area contributed by atoms with Crippen LogP contribution >= 0.6 is 11.8 Å². The van der Waals surface area contributed by atoms with Gasteiger partial charge in [0.05, 0.1) is 12.0 Å². The summed E-state index contributed by atoms with van der Waals surface area (Å²) in [5.74, 6) is 1.07. The molecule has 5 nitrogen and oxygen atoms in total. The van der Waals surface area contributed by atoms with Crippen LogP contribution in [0.1, 0.15) is 11.1 Å². The van der Waals surface area contributed by atoms with E-state index < -0.39 is 0 Å². The first-order valence-electron chi connectivity index (χ1n) is 7.78. The molecule has 6 heteroatoms. The van der Waals surface area contributed by atoms with Gasteiger partial charge in [0.1, 0.15) is 12.4 Å². The number of amidine groups is 1. The van der Waals surface area contributed by atoms with Gasteiger partial charge in [-0.3, -0.25) is 4.79 Å². The van der Waals surface area contributed by atoms with Gasteiger partial charge in [-0.15, -0.1) is 5.10 Å². The SMILES string of the molecule is O=C1CSC(=NN=Cc2ccccc2OCC=Cc2ccccc2)N1. The molecule has 3 rings (SSSR count). The van der Waals surface area contributed by atoms with E-state index in [0.29, 0.717) is 17.5 Å². The fourth-order valence-electron chi connectivity index (χ4n) is 2.13. The highest BCUT2D eigenvalue weighted by molar-refractivity contribution is 8.15. The topological polar surface area (TPSA) is 63.0 Å². The van der Waals surface area contributed by atoms with E-state index in [0.717, 1.165) is 16.9 Å². The van der Waals surface area contributed by atoms with Crippen LogP contribution in [-0.4, -0.2) is 29.6 Å².